The number of likely N-dealkylation sites (N-methyl/N-ethyl adjacent to an activating group) is 1. The number of esters is 4. The third kappa shape index (κ3) is 8.90. The molecule has 1 saturated heterocycles. The van der Waals surface area contributed by atoms with E-state index in [0.29, 0.717) is 18.5 Å². The molecular weight excluding hydrogens is 723 g/mol. The number of cyclic esters (lactones) is 1. The number of hydrogen-bond donors (Lipinski definition) is 2. The Morgan fingerprint density at radius 1 is 1.15 bits per heavy atom. The molecule has 0 aromatic heterocycles. The van der Waals surface area contributed by atoms with Gasteiger partial charge in [0, 0.05) is 42.3 Å². The van der Waals surface area contributed by atoms with Crippen LogP contribution in [0.1, 0.15) is 40.5 Å². The van der Waals surface area contributed by atoms with Gasteiger partial charge in [-0.1, -0.05) is 50.3 Å². The van der Waals surface area contributed by atoms with Gasteiger partial charge in [0.15, 0.2) is 6.10 Å². The van der Waals surface area contributed by atoms with Crippen LogP contribution in [0.3, 0.4) is 0 Å². The van der Waals surface area contributed by atoms with Crippen LogP contribution < -0.4 is 10.0 Å². The quantitative estimate of drug-likeness (QED) is 0.147. The number of aliphatic hydroxyl groups excluding tert-OH is 1. The number of allylic oxidation sites excluding steroid dienone is 3. The van der Waals surface area contributed by atoms with Gasteiger partial charge in [-0.3, -0.25) is 0 Å². The average molecular weight is 772 g/mol. The highest BCUT2D eigenvalue weighted by Gasteiger charge is 2.69. The number of methoxy groups -OCH3 is 1. The Bertz CT molecular complexity index is 1570. The van der Waals surface area contributed by atoms with Gasteiger partial charge < -0.3 is 48.3 Å². The lowest BCUT2D eigenvalue weighted by atomic mass is 9.57. The van der Waals surface area contributed by atoms with Gasteiger partial charge in [0.25, 0.3) is 0 Å². The summed E-state index contributed by atoms with van der Waals surface area (Å²) >= 11 is 0. The summed E-state index contributed by atoms with van der Waals surface area (Å²) in [7, 11) is 5.20. The second-order valence-electron chi connectivity index (χ2n) is 14.6. The molecule has 2 unspecified atom stereocenters. The van der Waals surface area contributed by atoms with E-state index >= 15 is 0 Å². The molecule has 0 radical (unpaired) electrons. The lowest BCUT2D eigenvalue weighted by molar-refractivity contribution is -0.858. The van der Waals surface area contributed by atoms with Crippen LogP contribution in [0.15, 0.2) is 47.6 Å². The van der Waals surface area contributed by atoms with Crippen molar-refractivity contribution in [3.8, 4) is 0 Å². The summed E-state index contributed by atoms with van der Waals surface area (Å²) in [4.78, 5) is 61.4. The van der Waals surface area contributed by atoms with E-state index in [4.69, 9.17) is 38.3 Å². The Kier molecular flexibility index (Phi) is 13.6. The highest BCUT2D eigenvalue weighted by molar-refractivity contribution is 6.29. The first kappa shape index (κ1) is 42.7. The summed E-state index contributed by atoms with van der Waals surface area (Å²) in [6.07, 6.45) is 1.77. The summed E-state index contributed by atoms with van der Waals surface area (Å²) in [6, 6.07) is 0. The molecule has 5 rings (SSSR count). The fraction of sp³-hybridized carbons (Fsp3) is 0.649. The molecule has 0 aromatic carbocycles. The number of rotatable bonds is 8. The SMILES string of the molecule is CO[C@H]1C[C@H]2C=CC3C4[C@H](O)[C@@H](C)[C@@H](OC(=O)C5=CC=CC5)[C@@H]3O[C@]42/C(C)=C/[C@@H](C)[C@@H]([C@@H](C)OC(=O)C(=O)OCC[NH+](C)C)OC1=O.O=C([O-])C(F)(F)F. The number of carbonyl (C=O) groups is 5. The number of aliphatic carboxylic acids is 1. The minimum atomic E-state index is -5.19. The van der Waals surface area contributed by atoms with Crippen molar-refractivity contribution in [1.82, 2.24) is 0 Å². The minimum absolute atomic E-state index is 0.0529. The predicted octanol–water partition coefficient (Wildman–Crippen LogP) is 0.182. The second kappa shape index (κ2) is 17.2. The van der Waals surface area contributed by atoms with E-state index in [1.54, 1.807) is 13.0 Å². The first-order chi connectivity index (χ1) is 25.2. The molecule has 12 atom stereocenters. The van der Waals surface area contributed by atoms with E-state index in [1.165, 1.54) is 7.11 Å². The molecule has 5 aliphatic rings. The Balaban J connectivity index is 0.000000845. The first-order valence-electron chi connectivity index (χ1n) is 17.7. The molecular formula is C37H48F3NO13. The molecule has 2 fully saturated rings. The zero-order valence-corrected chi connectivity index (χ0v) is 31.1. The van der Waals surface area contributed by atoms with Crippen LogP contribution in [0.25, 0.3) is 0 Å². The number of quaternary nitrogens is 1. The lowest BCUT2D eigenvalue weighted by Crippen LogP contribution is -3.06. The zero-order valence-electron chi connectivity index (χ0n) is 31.1. The molecule has 0 amide bonds. The molecule has 2 aliphatic heterocycles. The molecule has 14 nitrogen and oxygen atoms in total. The van der Waals surface area contributed by atoms with Crippen molar-refractivity contribution in [3.05, 3.63) is 47.6 Å². The standard InChI is InChI=1S/C35H47NO11.C2HF3O2/c1-18-16-19(2)35-23(17-25(42-7)32(39)45-28(18)21(4)44-34(41)33(40)43-15-14-36(5)6)12-13-24-26(35)27(37)20(3)29(30(24)47-35)46-31(38)22-10-8-9-11-22;3-2(4,5)1(6)7/h8-10,12-13,16,18,20-21,23-30,37H,11,14-15,17H2,1-7H3;(H,6,7)/b19-16+;/t18-,20-,21-,23-,24?,25+,26?,27-,28+,29-,30-,35+;/m1./s1. The maximum atomic E-state index is 13.6. The number of aliphatic hydroxyl groups is 1. The Hall–Kier alpha value is -4.06. The third-order valence-corrected chi connectivity index (χ3v) is 10.7. The highest BCUT2D eigenvalue weighted by Crippen LogP contribution is 2.61. The molecule has 3 aliphatic carbocycles. The number of carbonyl (C=O) groups excluding carboxylic acids is 5. The van der Waals surface area contributed by atoms with E-state index in [0.717, 1.165) is 10.5 Å². The van der Waals surface area contributed by atoms with Crippen LogP contribution in [0.2, 0.25) is 0 Å². The maximum Gasteiger partial charge on any atom is 0.430 e. The topological polar surface area (TPSA) is 188 Å². The van der Waals surface area contributed by atoms with Crippen molar-refractivity contribution in [2.24, 2.45) is 29.6 Å². The summed E-state index contributed by atoms with van der Waals surface area (Å²) in [5, 5.41) is 20.7. The number of nitrogens with one attached hydrogen (secondary N) is 1. The normalized spacial score (nSPS) is 35.6. The van der Waals surface area contributed by atoms with Crippen LogP contribution in [0, 0.1) is 29.6 Å². The van der Waals surface area contributed by atoms with Gasteiger partial charge in [-0.15, -0.1) is 0 Å². The number of alkyl halides is 3. The van der Waals surface area contributed by atoms with Crippen molar-refractivity contribution >= 4 is 29.8 Å². The Labute approximate surface area is 310 Å². The van der Waals surface area contributed by atoms with Gasteiger partial charge in [-0.05, 0) is 32.3 Å². The summed E-state index contributed by atoms with van der Waals surface area (Å²) in [5.74, 6) is -8.31. The highest BCUT2D eigenvalue weighted by atomic mass is 19.4. The van der Waals surface area contributed by atoms with Gasteiger partial charge in [0.05, 0.1) is 20.2 Å². The first-order valence-corrected chi connectivity index (χ1v) is 17.7. The van der Waals surface area contributed by atoms with Gasteiger partial charge in [0.2, 0.25) is 0 Å². The summed E-state index contributed by atoms with van der Waals surface area (Å²) in [6.45, 7) is 7.75. The predicted molar refractivity (Wildman–Crippen MR) is 178 cm³/mol. The fourth-order valence-corrected chi connectivity index (χ4v) is 7.97. The number of hydrogen-bond acceptors (Lipinski definition) is 13. The van der Waals surface area contributed by atoms with E-state index in [1.807, 2.05) is 65.2 Å². The van der Waals surface area contributed by atoms with E-state index in [2.05, 4.69) is 0 Å². The van der Waals surface area contributed by atoms with Crippen LogP contribution in [-0.4, -0.2) is 118 Å². The Morgan fingerprint density at radius 2 is 1.81 bits per heavy atom. The molecule has 1 saturated carbocycles. The van der Waals surface area contributed by atoms with Crippen LogP contribution in [0.5, 0.6) is 0 Å². The molecule has 0 aromatic rings. The lowest BCUT2D eigenvalue weighted by Gasteiger charge is -2.49. The smallest absolute Gasteiger partial charge is 0.430 e. The molecule has 54 heavy (non-hydrogen) atoms. The number of carboxylic acids is 1. The van der Waals surface area contributed by atoms with Gasteiger partial charge in [0.1, 0.15) is 49.1 Å². The van der Waals surface area contributed by atoms with Crippen LogP contribution in [0.4, 0.5) is 13.2 Å². The van der Waals surface area contributed by atoms with Crippen molar-refractivity contribution in [2.75, 3.05) is 34.4 Å². The summed E-state index contributed by atoms with van der Waals surface area (Å²) in [5.41, 5.74) is 0.313. The molecule has 300 valence electrons. The molecule has 17 heteroatoms. The molecule has 1 spiro atoms. The number of halogens is 3. The van der Waals surface area contributed by atoms with E-state index < -0.39 is 90.1 Å². The monoisotopic (exact) mass is 771 g/mol. The molecule has 2 heterocycles. The number of carboxylic acid groups (broad SMARTS) is 1. The van der Waals surface area contributed by atoms with E-state index in [9.17, 15) is 37.5 Å². The van der Waals surface area contributed by atoms with Gasteiger partial charge >= 0.3 is 30.1 Å². The second-order valence-corrected chi connectivity index (χ2v) is 14.6. The molecule has 2 N–H and O–H groups in total. The van der Waals surface area contributed by atoms with Gasteiger partial charge in [-0.2, -0.15) is 13.2 Å². The van der Waals surface area contributed by atoms with Gasteiger partial charge in [-0.25, -0.2) is 19.2 Å². The fourth-order valence-electron chi connectivity index (χ4n) is 7.97. The van der Waals surface area contributed by atoms with E-state index in [-0.39, 0.29) is 30.8 Å². The van der Waals surface area contributed by atoms with Crippen molar-refractivity contribution in [3.63, 3.8) is 0 Å². The largest absolute Gasteiger partial charge is 0.542 e. The number of ether oxygens (including phenoxy) is 6. The third-order valence-electron chi connectivity index (χ3n) is 10.7. The minimum Gasteiger partial charge on any atom is -0.542 e. The molecule has 4 bridgehead atoms. The van der Waals surface area contributed by atoms with Crippen LogP contribution >= 0.6 is 0 Å². The van der Waals surface area contributed by atoms with Crippen molar-refractivity contribution in [1.29, 1.82) is 0 Å². The summed E-state index contributed by atoms with van der Waals surface area (Å²) < 4.78 is 66.7. The maximum absolute atomic E-state index is 13.6. The van der Waals surface area contributed by atoms with Crippen molar-refractivity contribution < 1.29 is 80.7 Å². The average Bonchev–Trinajstić information content (AvgIpc) is 3.70. The Morgan fingerprint density at radius 3 is 2.39 bits per heavy atom. The van der Waals surface area contributed by atoms with Crippen molar-refractivity contribution in [2.45, 2.75) is 88.9 Å². The van der Waals surface area contributed by atoms with Crippen LogP contribution in [-0.2, 0) is 52.4 Å². The zero-order chi connectivity index (χ0) is 40.3.